The van der Waals surface area contributed by atoms with Gasteiger partial charge in [-0.2, -0.15) is 17.7 Å². The maximum atomic E-state index is 5.84. The van der Waals surface area contributed by atoms with Crippen molar-refractivity contribution in [3.63, 3.8) is 0 Å². The van der Waals surface area contributed by atoms with E-state index in [1.54, 1.807) is 0 Å². The van der Waals surface area contributed by atoms with Crippen molar-refractivity contribution in [3.05, 3.63) is 29.8 Å². The van der Waals surface area contributed by atoms with Crippen molar-refractivity contribution in [1.29, 1.82) is 0 Å². The van der Waals surface area contributed by atoms with Crippen LogP contribution in [-0.2, 0) is 16.3 Å². The van der Waals surface area contributed by atoms with E-state index in [4.69, 9.17) is 4.74 Å². The summed E-state index contributed by atoms with van der Waals surface area (Å²) in [5.41, 5.74) is 1.15. The van der Waals surface area contributed by atoms with Gasteiger partial charge in [0.1, 0.15) is 0 Å². The van der Waals surface area contributed by atoms with Crippen molar-refractivity contribution in [1.82, 2.24) is 0 Å². The summed E-state index contributed by atoms with van der Waals surface area (Å²) in [5.74, 6) is 1.00. The number of rotatable bonds is 2. The molecule has 0 heterocycles. The molecule has 0 aliphatic heterocycles. The van der Waals surface area contributed by atoms with Crippen LogP contribution >= 0.6 is 13.6 Å². The Kier molecular flexibility index (Phi) is 6.51. The van der Waals surface area contributed by atoms with E-state index in [-0.39, 0.29) is 0 Å². The molecule has 0 N–H and O–H groups in total. The van der Waals surface area contributed by atoms with Crippen LogP contribution in [0.5, 0.6) is 5.75 Å². The summed E-state index contributed by atoms with van der Waals surface area (Å²) in [5, 5.41) is 0. The molecule has 78 valence electrons. The summed E-state index contributed by atoms with van der Waals surface area (Å²) < 4.78 is 5.84. The molecule has 0 atom stereocenters. The Labute approximate surface area is 109 Å². The van der Waals surface area contributed by atoms with Crippen LogP contribution in [0.1, 0.15) is 31.2 Å². The molecule has 0 aromatic heterocycles. The Morgan fingerprint density at radius 1 is 1.40 bits per heavy atom. The molecule has 1 nitrogen and oxygen atoms in total. The number of aryl methyl sites for hydroxylation is 1. The minimum absolute atomic E-state index is 0.460. The number of ether oxygens (including phenoxy) is 1. The van der Waals surface area contributed by atoms with Crippen molar-refractivity contribution in [2.24, 2.45) is 0 Å². The van der Waals surface area contributed by atoms with Crippen LogP contribution < -0.4 is 4.74 Å². The fourth-order valence-electron chi connectivity index (χ4n) is 1.83. The molecular weight excluding hydrogens is 305 g/mol. The summed E-state index contributed by atoms with van der Waals surface area (Å²) in [7, 11) is 0. The van der Waals surface area contributed by atoms with Crippen LogP contribution in [0.15, 0.2) is 18.2 Å². The number of hydrogen-bond acceptors (Lipinski definition) is 1. The zero-order valence-corrected chi connectivity index (χ0v) is 13.7. The third-order valence-electron chi connectivity index (χ3n) is 2.52. The van der Waals surface area contributed by atoms with Crippen molar-refractivity contribution >= 4 is 13.6 Å². The monoisotopic (exact) mass is 318 g/mol. The van der Waals surface area contributed by atoms with Gasteiger partial charge in [-0.25, -0.2) is 0 Å². The third-order valence-corrected chi connectivity index (χ3v) is 2.52. The molecule has 1 aromatic rings. The Morgan fingerprint density at radius 3 is 2.67 bits per heavy atom. The third kappa shape index (κ3) is 4.65. The van der Waals surface area contributed by atoms with Gasteiger partial charge in [-0.15, -0.1) is 12.1 Å². The molecule has 1 saturated carbocycles. The van der Waals surface area contributed by atoms with Gasteiger partial charge >= 0.3 is 30.0 Å². The zero-order chi connectivity index (χ0) is 11.1. The van der Waals surface area contributed by atoms with Crippen molar-refractivity contribution in [2.75, 3.05) is 0 Å². The van der Waals surface area contributed by atoms with Crippen LogP contribution in [0.25, 0.3) is 0 Å². The molecule has 3 heteroatoms. The second-order valence-corrected chi connectivity index (χ2v) is 3.73. The van der Waals surface area contributed by atoms with Gasteiger partial charge in [-0.1, -0.05) is 6.92 Å². The van der Waals surface area contributed by atoms with Gasteiger partial charge in [0.2, 0.25) is 0 Å². The van der Waals surface area contributed by atoms with Gasteiger partial charge in [-0.05, 0) is 25.7 Å². The van der Waals surface area contributed by atoms with Crippen molar-refractivity contribution in [2.45, 2.75) is 38.7 Å². The molecule has 0 bridgehead atoms. The predicted molar refractivity (Wildman–Crippen MR) is 61.8 cm³/mol. The molecule has 0 radical (unpaired) electrons. The van der Waals surface area contributed by atoms with Gasteiger partial charge < -0.3 is 4.74 Å². The van der Waals surface area contributed by atoms with E-state index in [2.05, 4.69) is 25.8 Å². The van der Waals surface area contributed by atoms with E-state index in [0.717, 1.165) is 11.3 Å². The molecule has 0 unspecified atom stereocenters. The standard InChI is InChI=1S/C12H15O.BrH.Zn/c1-10-5-4-8-12(9-10)13-11-6-2-3-7-11;;/h4,8-9,11H,2-3,6-7H2,1H3;1H;/q-1;;+2/p-1. The summed E-state index contributed by atoms with van der Waals surface area (Å²) in [6, 6.07) is 9.09. The van der Waals surface area contributed by atoms with Gasteiger partial charge in [-0.3, -0.25) is 0 Å². The van der Waals surface area contributed by atoms with Crippen LogP contribution in [0.2, 0.25) is 0 Å². The van der Waals surface area contributed by atoms with E-state index in [1.807, 2.05) is 19.1 Å². The summed E-state index contributed by atoms with van der Waals surface area (Å²) in [6.45, 7) is 2.04. The van der Waals surface area contributed by atoms with Gasteiger partial charge in [0, 0.05) is 5.75 Å². The predicted octanol–water partition coefficient (Wildman–Crippen LogP) is 3.96. The van der Waals surface area contributed by atoms with Gasteiger partial charge in [0.25, 0.3) is 0 Å². The molecule has 2 rings (SSSR count). The topological polar surface area (TPSA) is 9.23 Å². The minimum atomic E-state index is 0.460. The first-order chi connectivity index (χ1) is 7.34. The van der Waals surface area contributed by atoms with E-state index in [9.17, 15) is 0 Å². The summed E-state index contributed by atoms with van der Waals surface area (Å²) >= 11 is 4.25. The summed E-state index contributed by atoms with van der Waals surface area (Å²) in [4.78, 5) is 0. The molecule has 1 fully saturated rings. The second-order valence-electron chi connectivity index (χ2n) is 3.73. The van der Waals surface area contributed by atoms with Crippen LogP contribution in [0.3, 0.4) is 0 Å². The van der Waals surface area contributed by atoms with E-state index in [1.165, 1.54) is 42.0 Å². The Bertz CT molecular complexity index is 285. The number of benzene rings is 1. The number of hydrogen-bond donors (Lipinski definition) is 0. The molecule has 1 aliphatic carbocycles. The SMILES string of the molecule is Cc1[c-]ccc(OC2CCCC2)c1.[Zn+][Br]. The van der Waals surface area contributed by atoms with Crippen LogP contribution in [-0.4, -0.2) is 6.10 Å². The van der Waals surface area contributed by atoms with Crippen LogP contribution in [0, 0.1) is 13.0 Å². The van der Waals surface area contributed by atoms with E-state index in [0.29, 0.717) is 6.10 Å². The molecule has 0 spiro atoms. The average molecular weight is 321 g/mol. The average Bonchev–Trinajstić information content (AvgIpc) is 2.74. The zero-order valence-electron chi connectivity index (χ0n) is 9.13. The molecule has 0 saturated heterocycles. The van der Waals surface area contributed by atoms with Crippen molar-refractivity contribution in [3.8, 4) is 5.75 Å². The van der Waals surface area contributed by atoms with E-state index >= 15 is 0 Å². The van der Waals surface area contributed by atoms with Gasteiger partial charge in [0.05, 0.1) is 6.10 Å². The van der Waals surface area contributed by atoms with E-state index < -0.39 is 0 Å². The Balaban J connectivity index is 0.000000531. The molecule has 0 amide bonds. The first-order valence-corrected chi connectivity index (χ1v) is 12.2. The number of halogens is 1. The molecular formula is C12H15BrOZn. The molecule has 1 aliphatic rings. The maximum absolute atomic E-state index is 5.84. The fraction of sp³-hybridized carbons (Fsp3) is 0.500. The molecule has 15 heavy (non-hydrogen) atoms. The van der Waals surface area contributed by atoms with Crippen LogP contribution in [0.4, 0.5) is 0 Å². The second kappa shape index (κ2) is 7.41. The quantitative estimate of drug-likeness (QED) is 0.592. The first kappa shape index (κ1) is 13.2. The van der Waals surface area contributed by atoms with Crippen molar-refractivity contribution < 1.29 is 21.1 Å². The summed E-state index contributed by atoms with van der Waals surface area (Å²) in [6.07, 6.45) is 5.54. The first-order valence-electron chi connectivity index (χ1n) is 5.26. The Hall–Kier alpha value is 0.123. The van der Waals surface area contributed by atoms with Gasteiger partial charge in [0.15, 0.2) is 0 Å². The molecule has 1 aromatic carbocycles. The Morgan fingerprint density at radius 2 is 2.07 bits per heavy atom. The normalized spacial score (nSPS) is 15.7. The fourth-order valence-corrected chi connectivity index (χ4v) is 1.83.